The van der Waals surface area contributed by atoms with Crippen LogP contribution in [0.15, 0.2) is 52.9 Å². The van der Waals surface area contributed by atoms with E-state index in [9.17, 15) is 27.0 Å². The summed E-state index contributed by atoms with van der Waals surface area (Å²) < 4.78 is 72.8. The number of alkyl halides is 3. The summed E-state index contributed by atoms with van der Waals surface area (Å²) in [5, 5.41) is 2.48. The number of hydrogen-bond acceptors (Lipinski definition) is 6. The van der Waals surface area contributed by atoms with E-state index >= 15 is 0 Å². The van der Waals surface area contributed by atoms with Crippen LogP contribution < -0.4 is 19.7 Å². The largest absolute Gasteiger partial charge is 0.491 e. The van der Waals surface area contributed by atoms with Crippen molar-refractivity contribution in [2.45, 2.75) is 83.2 Å². The highest BCUT2D eigenvalue weighted by Crippen LogP contribution is 2.42. The first-order chi connectivity index (χ1) is 23.2. The number of allylic oxidation sites excluding steroid dienone is 1. The quantitative estimate of drug-likeness (QED) is 0.316. The number of halogens is 4. The number of urea groups is 1. The number of amides is 3. The number of rotatable bonds is 3. The first-order valence-corrected chi connectivity index (χ1v) is 18.7. The molecule has 49 heavy (non-hydrogen) atoms. The predicted molar refractivity (Wildman–Crippen MR) is 184 cm³/mol. The van der Waals surface area contributed by atoms with Crippen molar-refractivity contribution >= 4 is 39.1 Å². The van der Waals surface area contributed by atoms with Crippen LogP contribution in [-0.4, -0.2) is 60.0 Å². The van der Waals surface area contributed by atoms with E-state index in [2.05, 4.69) is 14.0 Å². The van der Waals surface area contributed by atoms with Gasteiger partial charge in [0, 0.05) is 30.8 Å². The van der Waals surface area contributed by atoms with Crippen LogP contribution in [0.25, 0.3) is 0 Å². The lowest BCUT2D eigenvalue weighted by Crippen LogP contribution is -2.57. The van der Waals surface area contributed by atoms with E-state index in [1.54, 1.807) is 19.2 Å². The Morgan fingerprint density at radius 3 is 2.61 bits per heavy atom. The predicted octanol–water partition coefficient (Wildman–Crippen LogP) is 7.62. The summed E-state index contributed by atoms with van der Waals surface area (Å²) >= 11 is 6.41. The van der Waals surface area contributed by atoms with E-state index in [1.807, 2.05) is 35.7 Å². The minimum atomic E-state index is -4.77. The lowest BCUT2D eigenvalue weighted by atomic mass is 9.70. The zero-order valence-electron chi connectivity index (χ0n) is 28.0. The molecule has 0 spiro atoms. The molecular formula is C35H44ClF3N4O5S. The fourth-order valence-corrected chi connectivity index (χ4v) is 8.15. The van der Waals surface area contributed by atoms with Gasteiger partial charge in [-0.2, -0.15) is 13.2 Å². The summed E-state index contributed by atoms with van der Waals surface area (Å²) in [7, 11) is -2.17. The van der Waals surface area contributed by atoms with E-state index < -0.39 is 33.6 Å². The molecule has 1 aliphatic carbocycles. The molecule has 2 aromatic rings. The molecule has 14 heteroatoms. The number of carbonyl (C=O) groups excluding carboxylic acids is 2. The van der Waals surface area contributed by atoms with E-state index in [1.165, 1.54) is 6.07 Å². The van der Waals surface area contributed by atoms with Crippen LogP contribution in [0.2, 0.25) is 5.02 Å². The van der Waals surface area contributed by atoms with Crippen molar-refractivity contribution in [3.05, 3.63) is 70.3 Å². The zero-order valence-corrected chi connectivity index (χ0v) is 29.6. The SMILES string of the molecule is CO[C@H]1/C=C/CCCS(=O)(NC(=O)NC(C)(C)C(F)(F)F)=NC(=O)c2ccc3c(c2)N(Cc2ccc(Cl)cc2CCCCO3)C[C@@H]2CC[C@H]21. The van der Waals surface area contributed by atoms with E-state index in [4.69, 9.17) is 21.1 Å². The van der Waals surface area contributed by atoms with Gasteiger partial charge in [-0.1, -0.05) is 29.8 Å². The van der Waals surface area contributed by atoms with Gasteiger partial charge in [0.2, 0.25) is 0 Å². The number of nitrogens with zero attached hydrogens (tertiary/aromatic N) is 2. The van der Waals surface area contributed by atoms with Gasteiger partial charge >= 0.3 is 12.2 Å². The van der Waals surface area contributed by atoms with Gasteiger partial charge in [-0.15, -0.1) is 4.36 Å². The van der Waals surface area contributed by atoms with Crippen molar-refractivity contribution in [2.24, 2.45) is 16.2 Å². The Labute approximate surface area is 291 Å². The summed E-state index contributed by atoms with van der Waals surface area (Å²) in [6, 6.07) is 9.45. The maximum atomic E-state index is 14.0. The molecule has 1 saturated carbocycles. The smallest absolute Gasteiger partial charge is 0.411 e. The molecule has 2 N–H and O–H groups in total. The number of anilines is 1. The fourth-order valence-electron chi connectivity index (χ4n) is 6.45. The minimum Gasteiger partial charge on any atom is -0.491 e. The molecule has 1 fully saturated rings. The number of methoxy groups -OCH3 is 1. The third-order valence-electron chi connectivity index (χ3n) is 9.53. The minimum absolute atomic E-state index is 0.107. The molecule has 2 heterocycles. The van der Waals surface area contributed by atoms with Crippen LogP contribution >= 0.6 is 11.6 Å². The van der Waals surface area contributed by atoms with Gasteiger partial charge in [-0.25, -0.2) is 9.00 Å². The van der Waals surface area contributed by atoms with Crippen LogP contribution in [0, 0.1) is 11.8 Å². The Morgan fingerprint density at radius 2 is 1.90 bits per heavy atom. The van der Waals surface area contributed by atoms with Gasteiger partial charge in [-0.05, 0) is 112 Å². The lowest BCUT2D eigenvalue weighted by molar-refractivity contribution is -0.182. The maximum absolute atomic E-state index is 14.0. The molecule has 3 aliphatic rings. The Kier molecular flexibility index (Phi) is 11.5. The third-order valence-corrected chi connectivity index (χ3v) is 11.6. The highest BCUT2D eigenvalue weighted by molar-refractivity contribution is 7.92. The van der Waals surface area contributed by atoms with Gasteiger partial charge in [-0.3, -0.25) is 9.52 Å². The highest BCUT2D eigenvalue weighted by Gasteiger charge is 2.48. The van der Waals surface area contributed by atoms with E-state index in [-0.39, 0.29) is 29.8 Å². The van der Waals surface area contributed by atoms with Crippen molar-refractivity contribution in [3.63, 3.8) is 0 Å². The van der Waals surface area contributed by atoms with Crippen LogP contribution in [0.4, 0.5) is 23.7 Å². The zero-order chi connectivity index (χ0) is 35.4. The Hall–Kier alpha value is -3.29. The summed E-state index contributed by atoms with van der Waals surface area (Å²) in [5.74, 6) is -0.00272. The second-order valence-electron chi connectivity index (χ2n) is 13.5. The summed E-state index contributed by atoms with van der Waals surface area (Å²) in [6.45, 7) is 3.20. The number of aryl methyl sites for hydroxylation is 1. The molecule has 2 bridgehead atoms. The molecule has 5 rings (SSSR count). The monoisotopic (exact) mass is 724 g/mol. The highest BCUT2D eigenvalue weighted by atomic mass is 35.5. The maximum Gasteiger partial charge on any atom is 0.411 e. The van der Waals surface area contributed by atoms with Crippen LogP contribution in [-0.2, 0) is 27.6 Å². The molecule has 2 aromatic carbocycles. The second-order valence-corrected chi connectivity index (χ2v) is 16.0. The second kappa shape index (κ2) is 15.3. The summed E-state index contributed by atoms with van der Waals surface area (Å²) in [5.41, 5.74) is 0.399. The van der Waals surface area contributed by atoms with Gasteiger partial charge in [0.05, 0.1) is 24.2 Å². The number of ether oxygens (including phenoxy) is 2. The number of benzene rings is 2. The molecular weight excluding hydrogens is 681 g/mol. The van der Waals surface area contributed by atoms with Gasteiger partial charge in [0.1, 0.15) is 21.2 Å². The standard InChI is InChI=1S/C35H44ClF3N4O5S/c1-34(2,35(37,38)39)40-33(45)42-49(46)18-8-4-5-10-30(47-3)28-15-12-26(28)22-43-21-25-11-14-27(36)19-23(25)9-6-7-17-48-31-16-13-24(20-29(31)43)32(44)41-49/h5,10-11,13-14,16,19-20,26,28,30H,4,6-9,12,15,17-18,21-22H2,1-3H3,(H2,40,41,42,44,45,46)/b10-5+/t26-,28+,30-,49?/m0/s1. The van der Waals surface area contributed by atoms with Crippen LogP contribution in [0.5, 0.6) is 5.75 Å². The molecule has 0 saturated heterocycles. The first-order valence-electron chi connectivity index (χ1n) is 16.6. The Bertz CT molecular complexity index is 1690. The molecule has 0 radical (unpaired) electrons. The van der Waals surface area contributed by atoms with Crippen molar-refractivity contribution in [1.29, 1.82) is 0 Å². The summed E-state index contributed by atoms with van der Waals surface area (Å²) in [6.07, 6.45) is 4.16. The Morgan fingerprint density at radius 1 is 1.10 bits per heavy atom. The topological polar surface area (TPSA) is 109 Å². The fraction of sp³-hybridized carbons (Fsp3) is 0.543. The van der Waals surface area contributed by atoms with E-state index in [0.717, 1.165) is 57.1 Å². The normalized spacial score (nSPS) is 26.0. The molecule has 1 unspecified atom stereocenters. The average Bonchev–Trinajstić information content (AvgIpc) is 3.03. The molecule has 4 atom stereocenters. The van der Waals surface area contributed by atoms with Crippen molar-refractivity contribution in [2.75, 3.05) is 30.9 Å². The number of carbonyl (C=O) groups is 2. The number of nitrogens with one attached hydrogen (secondary N) is 2. The average molecular weight is 725 g/mol. The van der Waals surface area contributed by atoms with Crippen LogP contribution in [0.1, 0.15) is 73.9 Å². The van der Waals surface area contributed by atoms with Crippen LogP contribution in [0.3, 0.4) is 0 Å². The first kappa shape index (κ1) is 37.0. The summed E-state index contributed by atoms with van der Waals surface area (Å²) in [4.78, 5) is 28.7. The van der Waals surface area contributed by atoms with Gasteiger partial charge < -0.3 is 19.7 Å². The van der Waals surface area contributed by atoms with Crippen molar-refractivity contribution in [3.8, 4) is 5.75 Å². The number of fused-ring (bicyclic) bond motifs is 3. The molecule has 9 nitrogen and oxygen atoms in total. The molecule has 2 aliphatic heterocycles. The van der Waals surface area contributed by atoms with E-state index in [0.29, 0.717) is 48.5 Å². The van der Waals surface area contributed by atoms with Crippen molar-refractivity contribution in [1.82, 2.24) is 10.0 Å². The molecule has 268 valence electrons. The molecule has 0 aromatic heterocycles. The number of hydrogen-bond donors (Lipinski definition) is 2. The molecule has 3 amide bonds. The lowest BCUT2D eigenvalue weighted by Gasteiger charge is -2.43. The van der Waals surface area contributed by atoms with Crippen molar-refractivity contribution < 1.29 is 36.4 Å². The van der Waals surface area contributed by atoms with Gasteiger partial charge in [0.15, 0.2) is 0 Å². The Balaban J connectivity index is 1.58. The third kappa shape index (κ3) is 9.09. The van der Waals surface area contributed by atoms with Gasteiger partial charge in [0.25, 0.3) is 5.91 Å².